The first-order chi connectivity index (χ1) is 6.09. The van der Waals surface area contributed by atoms with Crippen molar-refractivity contribution in [3.8, 4) is 0 Å². The molecule has 0 aromatic carbocycles. The average molecular weight is 184 g/mol. The van der Waals surface area contributed by atoms with Crippen molar-refractivity contribution in [2.24, 2.45) is 5.92 Å². The third kappa shape index (κ3) is 3.44. The summed E-state index contributed by atoms with van der Waals surface area (Å²) in [5.41, 5.74) is 0. The number of carbonyl (C=O) groups excluding carboxylic acids is 1. The number of ketones is 1. The van der Waals surface area contributed by atoms with E-state index in [-0.39, 0.29) is 6.04 Å². The van der Waals surface area contributed by atoms with Crippen LogP contribution in [0.15, 0.2) is 0 Å². The Labute approximate surface area is 80.5 Å². The van der Waals surface area contributed by atoms with E-state index in [4.69, 9.17) is 0 Å². The first-order valence-corrected chi connectivity index (χ1v) is 5.04. The molecule has 1 fully saturated rings. The van der Waals surface area contributed by atoms with Gasteiger partial charge in [0.1, 0.15) is 0 Å². The molecule has 1 saturated heterocycles. The lowest BCUT2D eigenvalue weighted by atomic mass is 10.0. The van der Waals surface area contributed by atoms with Crippen molar-refractivity contribution in [1.82, 2.24) is 10.2 Å². The number of nitrogens with zero attached hydrogens (tertiary/aromatic N) is 1. The highest BCUT2D eigenvalue weighted by Crippen LogP contribution is 2.04. The number of likely N-dealkylation sites (N-methyl/N-ethyl adjacent to an activating group) is 1. The third-order valence-corrected chi connectivity index (χ3v) is 2.40. The number of likely N-dealkylation sites (tertiary alicyclic amines) is 1. The summed E-state index contributed by atoms with van der Waals surface area (Å²) in [6.07, 6.45) is 0.701. The molecule has 0 aromatic heterocycles. The fraction of sp³-hybridized carbons (Fsp3) is 0.900. The lowest BCUT2D eigenvalue weighted by Gasteiger charge is -2.29. The zero-order valence-corrected chi connectivity index (χ0v) is 8.84. The minimum absolute atomic E-state index is 0.0705. The van der Waals surface area contributed by atoms with Crippen LogP contribution in [0.25, 0.3) is 0 Å². The molecule has 3 heteroatoms. The summed E-state index contributed by atoms with van der Waals surface area (Å²) in [5, 5.41) is 3.31. The van der Waals surface area contributed by atoms with E-state index in [9.17, 15) is 4.79 Å². The average Bonchev–Trinajstić information content (AvgIpc) is 2.06. The van der Waals surface area contributed by atoms with Crippen molar-refractivity contribution >= 4 is 5.78 Å². The molecule has 1 atom stereocenters. The number of hydrogen-bond acceptors (Lipinski definition) is 3. The highest BCUT2D eigenvalue weighted by Gasteiger charge is 2.24. The van der Waals surface area contributed by atoms with Gasteiger partial charge in [0.2, 0.25) is 0 Å². The van der Waals surface area contributed by atoms with Crippen LogP contribution in [0, 0.1) is 5.92 Å². The Hall–Kier alpha value is -0.410. The summed E-state index contributed by atoms with van der Waals surface area (Å²) in [6, 6.07) is 0.0705. The van der Waals surface area contributed by atoms with E-state index in [1.165, 1.54) is 0 Å². The lowest BCUT2D eigenvalue weighted by Crippen LogP contribution is -2.50. The van der Waals surface area contributed by atoms with Crippen molar-refractivity contribution in [2.45, 2.75) is 26.3 Å². The van der Waals surface area contributed by atoms with E-state index < -0.39 is 0 Å². The van der Waals surface area contributed by atoms with Gasteiger partial charge in [0, 0.05) is 19.5 Å². The summed E-state index contributed by atoms with van der Waals surface area (Å²) >= 11 is 0. The van der Waals surface area contributed by atoms with Crippen LogP contribution in [0.5, 0.6) is 0 Å². The molecule has 0 aromatic rings. The zero-order chi connectivity index (χ0) is 9.84. The van der Waals surface area contributed by atoms with Crippen molar-refractivity contribution in [3.05, 3.63) is 0 Å². The Bertz CT molecular complexity index is 180. The van der Waals surface area contributed by atoms with Gasteiger partial charge in [-0.15, -0.1) is 0 Å². The van der Waals surface area contributed by atoms with Crippen molar-refractivity contribution in [2.75, 3.05) is 26.7 Å². The summed E-state index contributed by atoms with van der Waals surface area (Å²) in [6.45, 7) is 7.03. The van der Waals surface area contributed by atoms with E-state index >= 15 is 0 Å². The molecule has 0 amide bonds. The molecule has 1 N–H and O–H groups in total. The predicted molar refractivity (Wildman–Crippen MR) is 53.7 cm³/mol. The first-order valence-electron chi connectivity index (χ1n) is 5.04. The van der Waals surface area contributed by atoms with Crippen LogP contribution in [0.2, 0.25) is 0 Å². The summed E-state index contributed by atoms with van der Waals surface area (Å²) < 4.78 is 0. The molecule has 0 radical (unpaired) electrons. The molecule has 0 spiro atoms. The number of hydrogen-bond donors (Lipinski definition) is 1. The van der Waals surface area contributed by atoms with Gasteiger partial charge in [-0.1, -0.05) is 13.8 Å². The van der Waals surface area contributed by atoms with Crippen LogP contribution in [0.1, 0.15) is 20.3 Å². The zero-order valence-electron chi connectivity index (χ0n) is 8.84. The molecule has 0 saturated carbocycles. The van der Waals surface area contributed by atoms with Gasteiger partial charge in [-0.05, 0) is 19.5 Å². The second-order valence-electron chi connectivity index (χ2n) is 4.33. The van der Waals surface area contributed by atoms with Gasteiger partial charge in [0.15, 0.2) is 5.78 Å². The fourth-order valence-electron chi connectivity index (χ4n) is 1.54. The smallest absolute Gasteiger partial charge is 0.152 e. The number of rotatable bonds is 3. The minimum atomic E-state index is 0.0705. The summed E-state index contributed by atoms with van der Waals surface area (Å²) in [7, 11) is 2.07. The number of nitrogens with one attached hydrogen (secondary N) is 1. The van der Waals surface area contributed by atoms with Gasteiger partial charge in [-0.3, -0.25) is 4.79 Å². The van der Waals surface area contributed by atoms with Gasteiger partial charge >= 0.3 is 0 Å². The Morgan fingerprint density at radius 1 is 1.62 bits per heavy atom. The molecular weight excluding hydrogens is 164 g/mol. The van der Waals surface area contributed by atoms with Gasteiger partial charge in [0.05, 0.1) is 6.04 Å². The van der Waals surface area contributed by atoms with E-state index in [1.807, 2.05) is 0 Å². The monoisotopic (exact) mass is 184 g/mol. The summed E-state index contributed by atoms with van der Waals surface area (Å²) in [5.74, 6) is 0.985. The van der Waals surface area contributed by atoms with Gasteiger partial charge < -0.3 is 10.2 Å². The third-order valence-electron chi connectivity index (χ3n) is 2.40. The van der Waals surface area contributed by atoms with Crippen LogP contribution >= 0.6 is 0 Å². The fourth-order valence-corrected chi connectivity index (χ4v) is 1.54. The molecular formula is C10H20N2O. The van der Waals surface area contributed by atoms with Crippen molar-refractivity contribution in [1.29, 1.82) is 0 Å². The van der Waals surface area contributed by atoms with Gasteiger partial charge in [0.25, 0.3) is 0 Å². The number of piperidine rings is 1. The quantitative estimate of drug-likeness (QED) is 0.693. The molecule has 1 unspecified atom stereocenters. The predicted octanol–water partition coefficient (Wildman–Crippen LogP) is 0.505. The lowest BCUT2D eigenvalue weighted by molar-refractivity contribution is -0.123. The first kappa shape index (κ1) is 10.7. The van der Waals surface area contributed by atoms with E-state index in [0.29, 0.717) is 18.1 Å². The molecule has 0 bridgehead atoms. The van der Waals surface area contributed by atoms with Crippen molar-refractivity contribution in [3.63, 3.8) is 0 Å². The minimum Gasteiger partial charge on any atom is -0.306 e. The normalized spacial score (nSPS) is 25.5. The molecule has 1 aliphatic rings. The SMILES string of the molecule is CC(C)CNC1CN(C)CCC1=O. The summed E-state index contributed by atoms with van der Waals surface area (Å²) in [4.78, 5) is 13.7. The second-order valence-corrected chi connectivity index (χ2v) is 4.33. The molecule has 1 rings (SSSR count). The maximum absolute atomic E-state index is 11.5. The maximum atomic E-state index is 11.5. The van der Waals surface area contributed by atoms with Crippen LogP contribution in [0.3, 0.4) is 0 Å². The van der Waals surface area contributed by atoms with Crippen LogP contribution in [-0.2, 0) is 4.79 Å². The molecule has 1 heterocycles. The van der Waals surface area contributed by atoms with Crippen LogP contribution in [-0.4, -0.2) is 43.4 Å². The topological polar surface area (TPSA) is 32.3 Å². The highest BCUT2D eigenvalue weighted by molar-refractivity contribution is 5.85. The van der Waals surface area contributed by atoms with E-state index in [0.717, 1.165) is 19.6 Å². The standard InChI is InChI=1S/C10H20N2O/c1-8(2)6-11-9-7-12(3)5-4-10(9)13/h8-9,11H,4-7H2,1-3H3. The van der Waals surface area contributed by atoms with Crippen LogP contribution in [0.4, 0.5) is 0 Å². The van der Waals surface area contributed by atoms with Gasteiger partial charge in [-0.25, -0.2) is 0 Å². The highest BCUT2D eigenvalue weighted by atomic mass is 16.1. The van der Waals surface area contributed by atoms with E-state index in [1.54, 1.807) is 0 Å². The number of carbonyl (C=O) groups is 1. The van der Waals surface area contributed by atoms with E-state index in [2.05, 4.69) is 31.1 Å². The van der Waals surface area contributed by atoms with Crippen molar-refractivity contribution < 1.29 is 4.79 Å². The molecule has 0 aliphatic carbocycles. The van der Waals surface area contributed by atoms with Gasteiger partial charge in [-0.2, -0.15) is 0 Å². The molecule has 1 aliphatic heterocycles. The molecule has 13 heavy (non-hydrogen) atoms. The molecule has 3 nitrogen and oxygen atoms in total. The molecule has 76 valence electrons. The maximum Gasteiger partial charge on any atom is 0.152 e. The Kier molecular flexibility index (Phi) is 3.88. The Morgan fingerprint density at radius 3 is 2.92 bits per heavy atom. The number of Topliss-reactive ketones (excluding diaryl/α,β-unsaturated/α-hetero) is 1. The van der Waals surface area contributed by atoms with Crippen LogP contribution < -0.4 is 5.32 Å². The Balaban J connectivity index is 2.33. The second kappa shape index (κ2) is 4.72. The largest absolute Gasteiger partial charge is 0.306 e. The Morgan fingerprint density at radius 2 is 2.31 bits per heavy atom.